The van der Waals surface area contributed by atoms with Crippen LogP contribution in [0, 0.1) is 5.82 Å². The van der Waals surface area contributed by atoms with E-state index in [-0.39, 0.29) is 35.7 Å². The minimum absolute atomic E-state index is 0.0241. The highest BCUT2D eigenvalue weighted by molar-refractivity contribution is 5.76. The SMILES string of the molecule is CC.CC1(NCC=O)CCC(NC(=O)CCOCCOCCOCCC(=O)OC(C)(C)C)C1.CN1Cc2ccc(F)cc2C1. The Bertz CT molecular complexity index is 989. The van der Waals surface area contributed by atoms with E-state index in [2.05, 4.69) is 22.5 Å². The average Bonchev–Trinajstić information content (AvgIpc) is 3.51. The lowest BCUT2D eigenvalue weighted by Gasteiger charge is -2.25. The zero-order chi connectivity index (χ0) is 33.0. The first-order valence-corrected chi connectivity index (χ1v) is 15.8. The van der Waals surface area contributed by atoms with Crippen molar-refractivity contribution in [3.63, 3.8) is 0 Å². The number of hydrogen-bond acceptors (Lipinski definition) is 9. The lowest BCUT2D eigenvalue weighted by atomic mass is 10.0. The van der Waals surface area contributed by atoms with Crippen molar-refractivity contribution < 1.29 is 37.7 Å². The first kappa shape index (κ1) is 39.6. The number of ether oxygens (including phenoxy) is 4. The van der Waals surface area contributed by atoms with Gasteiger partial charge in [0.25, 0.3) is 0 Å². The second-order valence-electron chi connectivity index (χ2n) is 12.1. The van der Waals surface area contributed by atoms with E-state index in [0.717, 1.165) is 44.2 Å². The summed E-state index contributed by atoms with van der Waals surface area (Å²) in [4.78, 5) is 36.2. The second-order valence-corrected chi connectivity index (χ2v) is 12.1. The summed E-state index contributed by atoms with van der Waals surface area (Å²) >= 11 is 0. The second kappa shape index (κ2) is 21.3. The summed E-state index contributed by atoms with van der Waals surface area (Å²) in [5.41, 5.74) is 1.82. The summed E-state index contributed by atoms with van der Waals surface area (Å²) in [7, 11) is 2.04. The van der Waals surface area contributed by atoms with Crippen molar-refractivity contribution in [1.29, 1.82) is 0 Å². The standard InChI is InChI=1S/C22H40N2O7.C9H10FN.C2H6/c1-21(2,3)31-20(27)7-12-29-14-16-30-15-13-28-11-6-19(26)24-18-5-8-22(4,17-18)23-9-10-25;1-11-5-7-2-3-9(10)4-8(7)6-11;1-2/h10,18,23H,5-9,11-17H2,1-4H3,(H,24,26);2-4H,5-6H2,1H3;1-2H3. The molecule has 0 bridgehead atoms. The lowest BCUT2D eigenvalue weighted by molar-refractivity contribution is -0.156. The zero-order valence-electron chi connectivity index (χ0n) is 28.0. The summed E-state index contributed by atoms with van der Waals surface area (Å²) in [6.45, 7) is 16.0. The van der Waals surface area contributed by atoms with Crippen LogP contribution in [0.1, 0.15) is 84.8 Å². The van der Waals surface area contributed by atoms with Crippen LogP contribution in [0.4, 0.5) is 4.39 Å². The maximum absolute atomic E-state index is 12.7. The molecule has 1 saturated carbocycles. The Balaban J connectivity index is 0.000000610. The van der Waals surface area contributed by atoms with Gasteiger partial charge in [-0.05, 0) is 77.3 Å². The maximum Gasteiger partial charge on any atom is 0.308 e. The fraction of sp³-hybridized carbons (Fsp3) is 0.727. The number of nitrogens with one attached hydrogen (secondary N) is 2. The molecule has 0 aromatic heterocycles. The molecule has 2 atom stereocenters. The van der Waals surface area contributed by atoms with Crippen LogP contribution < -0.4 is 10.6 Å². The molecule has 2 N–H and O–H groups in total. The van der Waals surface area contributed by atoms with E-state index in [0.29, 0.717) is 52.6 Å². The third kappa shape index (κ3) is 17.8. The van der Waals surface area contributed by atoms with Crippen molar-refractivity contribution in [2.24, 2.45) is 0 Å². The van der Waals surface area contributed by atoms with Crippen molar-refractivity contribution >= 4 is 18.2 Å². The van der Waals surface area contributed by atoms with Gasteiger partial charge >= 0.3 is 5.97 Å². The first-order valence-electron chi connectivity index (χ1n) is 15.8. The van der Waals surface area contributed by atoms with Crippen LogP contribution >= 0.6 is 0 Å². The van der Waals surface area contributed by atoms with E-state index in [1.807, 2.05) is 47.7 Å². The molecule has 1 aromatic rings. The highest BCUT2D eigenvalue weighted by atomic mass is 19.1. The third-order valence-electron chi connectivity index (χ3n) is 6.86. The average molecular weight is 626 g/mol. The van der Waals surface area contributed by atoms with Crippen molar-refractivity contribution in [2.45, 2.75) is 104 Å². The minimum atomic E-state index is -0.478. The van der Waals surface area contributed by atoms with Crippen molar-refractivity contribution in [3.8, 4) is 0 Å². The number of halogens is 1. The van der Waals surface area contributed by atoms with Gasteiger partial charge in [-0.3, -0.25) is 14.5 Å². The molecule has 0 spiro atoms. The molecule has 1 aliphatic carbocycles. The summed E-state index contributed by atoms with van der Waals surface area (Å²) in [5, 5.41) is 6.26. The van der Waals surface area contributed by atoms with Gasteiger partial charge in [-0.15, -0.1) is 0 Å². The third-order valence-corrected chi connectivity index (χ3v) is 6.86. The number of carbonyl (C=O) groups is 3. The van der Waals surface area contributed by atoms with E-state index in [9.17, 15) is 18.8 Å². The van der Waals surface area contributed by atoms with Crippen LogP contribution in [0.5, 0.6) is 0 Å². The lowest BCUT2D eigenvalue weighted by Crippen LogP contribution is -2.43. The van der Waals surface area contributed by atoms with Gasteiger partial charge in [-0.2, -0.15) is 0 Å². The molecule has 44 heavy (non-hydrogen) atoms. The van der Waals surface area contributed by atoms with Gasteiger partial charge in [-0.1, -0.05) is 19.9 Å². The molecular formula is C33H56FN3O7. The van der Waals surface area contributed by atoms with Gasteiger partial charge in [0.05, 0.1) is 52.6 Å². The van der Waals surface area contributed by atoms with E-state index in [4.69, 9.17) is 18.9 Å². The molecule has 1 heterocycles. The molecule has 1 aliphatic heterocycles. The molecule has 3 rings (SSSR count). The first-order chi connectivity index (χ1) is 20.9. The number of esters is 1. The smallest absolute Gasteiger partial charge is 0.308 e. The predicted molar refractivity (Wildman–Crippen MR) is 169 cm³/mol. The van der Waals surface area contributed by atoms with Crippen LogP contribution in [0.2, 0.25) is 0 Å². The maximum atomic E-state index is 12.7. The normalized spacial score (nSPS) is 19.2. The highest BCUT2D eigenvalue weighted by Crippen LogP contribution is 2.29. The number of amides is 1. The summed E-state index contributed by atoms with van der Waals surface area (Å²) in [6.07, 6.45) is 4.05. The number of rotatable bonds is 16. The largest absolute Gasteiger partial charge is 0.460 e. The van der Waals surface area contributed by atoms with E-state index >= 15 is 0 Å². The molecule has 252 valence electrons. The Morgan fingerprint density at radius 1 is 1.00 bits per heavy atom. The number of benzene rings is 1. The molecule has 2 aliphatic rings. The van der Waals surface area contributed by atoms with Gasteiger partial charge in [0, 0.05) is 31.1 Å². The van der Waals surface area contributed by atoms with Crippen LogP contribution in [0.25, 0.3) is 0 Å². The van der Waals surface area contributed by atoms with Crippen molar-refractivity contribution in [3.05, 3.63) is 35.1 Å². The van der Waals surface area contributed by atoms with Crippen LogP contribution in [-0.4, -0.2) is 93.5 Å². The molecular weight excluding hydrogens is 569 g/mol. The number of carbonyl (C=O) groups excluding carboxylic acids is 3. The Morgan fingerprint density at radius 2 is 1.59 bits per heavy atom. The van der Waals surface area contributed by atoms with Crippen LogP contribution in [-0.2, 0) is 46.4 Å². The van der Waals surface area contributed by atoms with Gasteiger partial charge < -0.3 is 34.4 Å². The minimum Gasteiger partial charge on any atom is -0.460 e. The Kier molecular flexibility index (Phi) is 19.2. The van der Waals surface area contributed by atoms with Crippen molar-refractivity contribution in [2.75, 3.05) is 53.2 Å². The molecule has 1 amide bonds. The molecule has 1 fully saturated rings. The zero-order valence-corrected chi connectivity index (χ0v) is 28.0. The molecule has 10 nitrogen and oxygen atoms in total. The summed E-state index contributed by atoms with van der Waals surface area (Å²) in [6, 6.07) is 5.15. The number of fused-ring (bicyclic) bond motifs is 1. The number of aldehydes is 1. The summed E-state index contributed by atoms with van der Waals surface area (Å²) in [5.74, 6) is -0.426. The van der Waals surface area contributed by atoms with Gasteiger partial charge in [0.15, 0.2) is 0 Å². The molecule has 11 heteroatoms. The van der Waals surface area contributed by atoms with Crippen LogP contribution in [0.3, 0.4) is 0 Å². The Morgan fingerprint density at radius 3 is 2.20 bits per heavy atom. The molecule has 0 saturated heterocycles. The van der Waals surface area contributed by atoms with E-state index in [1.165, 1.54) is 11.6 Å². The van der Waals surface area contributed by atoms with Gasteiger partial charge in [-0.25, -0.2) is 4.39 Å². The quantitative estimate of drug-likeness (QED) is 0.159. The van der Waals surface area contributed by atoms with E-state index in [1.54, 1.807) is 6.07 Å². The highest BCUT2D eigenvalue weighted by Gasteiger charge is 2.35. The Hall–Kier alpha value is -2.44. The fourth-order valence-corrected chi connectivity index (χ4v) is 4.90. The molecule has 1 aromatic carbocycles. The molecule has 0 radical (unpaired) electrons. The number of nitrogens with zero attached hydrogens (tertiary/aromatic N) is 1. The van der Waals surface area contributed by atoms with Gasteiger partial charge in [0.1, 0.15) is 17.7 Å². The van der Waals surface area contributed by atoms with Gasteiger partial charge in [0.2, 0.25) is 5.91 Å². The van der Waals surface area contributed by atoms with E-state index < -0.39 is 5.60 Å². The topological polar surface area (TPSA) is 115 Å². The Labute approximate surface area is 263 Å². The van der Waals surface area contributed by atoms with Crippen molar-refractivity contribution in [1.82, 2.24) is 15.5 Å². The predicted octanol–water partition coefficient (Wildman–Crippen LogP) is 4.17. The molecule has 2 unspecified atom stereocenters. The summed E-state index contributed by atoms with van der Waals surface area (Å²) < 4.78 is 34.0. The number of hydrogen-bond donors (Lipinski definition) is 2. The fourth-order valence-electron chi connectivity index (χ4n) is 4.90. The monoisotopic (exact) mass is 625 g/mol. The van der Waals surface area contributed by atoms with Crippen LogP contribution in [0.15, 0.2) is 18.2 Å².